The van der Waals surface area contributed by atoms with Gasteiger partial charge in [-0.05, 0) is 36.4 Å². The highest BCUT2D eigenvalue weighted by molar-refractivity contribution is 5.91. The van der Waals surface area contributed by atoms with Crippen molar-refractivity contribution in [1.29, 1.82) is 5.26 Å². The van der Waals surface area contributed by atoms with E-state index >= 15 is 0 Å². The summed E-state index contributed by atoms with van der Waals surface area (Å²) < 4.78 is 15.7. The molecule has 0 saturated heterocycles. The van der Waals surface area contributed by atoms with Crippen molar-refractivity contribution in [3.8, 4) is 23.3 Å². The Labute approximate surface area is 122 Å². The number of methoxy groups -OCH3 is 2. The lowest BCUT2D eigenvalue weighted by molar-refractivity contribution is 0.0724. The molecule has 0 spiro atoms. The van der Waals surface area contributed by atoms with E-state index < -0.39 is 5.97 Å². The van der Waals surface area contributed by atoms with Crippen molar-refractivity contribution < 1.29 is 19.0 Å². The summed E-state index contributed by atoms with van der Waals surface area (Å²) in [6.45, 7) is 0. The third kappa shape index (κ3) is 3.12. The van der Waals surface area contributed by atoms with Crippen LogP contribution in [-0.4, -0.2) is 20.2 Å². The van der Waals surface area contributed by atoms with Crippen LogP contribution in [0.1, 0.15) is 15.9 Å². The van der Waals surface area contributed by atoms with Crippen LogP contribution in [-0.2, 0) is 0 Å². The van der Waals surface area contributed by atoms with Gasteiger partial charge in [0.1, 0.15) is 0 Å². The largest absolute Gasteiger partial charge is 0.493 e. The lowest BCUT2D eigenvalue weighted by Crippen LogP contribution is -2.10. The fraction of sp³-hybridized carbons (Fsp3) is 0.125. The van der Waals surface area contributed by atoms with Gasteiger partial charge < -0.3 is 14.2 Å². The Balaban J connectivity index is 2.28. The highest BCUT2D eigenvalue weighted by Crippen LogP contribution is 2.37. The molecule has 0 N–H and O–H groups in total. The minimum Gasteiger partial charge on any atom is -0.493 e. The summed E-state index contributed by atoms with van der Waals surface area (Å²) in [5, 5.41) is 8.74. The number of nitrogens with zero attached hydrogens (tertiary/aromatic N) is 1. The Morgan fingerprint density at radius 1 is 1.00 bits per heavy atom. The number of benzene rings is 2. The first-order valence-electron chi connectivity index (χ1n) is 6.13. The van der Waals surface area contributed by atoms with Crippen molar-refractivity contribution >= 4 is 5.97 Å². The second-order valence-electron chi connectivity index (χ2n) is 4.07. The molecule has 5 heteroatoms. The molecule has 0 aliphatic rings. The molecule has 2 aromatic rings. The van der Waals surface area contributed by atoms with Crippen LogP contribution in [0.15, 0.2) is 42.5 Å². The molecule has 2 rings (SSSR count). The number of ether oxygens (including phenoxy) is 3. The third-order valence-electron chi connectivity index (χ3n) is 2.83. The zero-order valence-electron chi connectivity index (χ0n) is 11.6. The average molecular weight is 283 g/mol. The minimum atomic E-state index is -0.553. The van der Waals surface area contributed by atoms with E-state index in [2.05, 4.69) is 0 Å². The maximum absolute atomic E-state index is 12.1. The molecular weight excluding hydrogens is 270 g/mol. The van der Waals surface area contributed by atoms with Crippen molar-refractivity contribution in [2.24, 2.45) is 0 Å². The van der Waals surface area contributed by atoms with Crippen molar-refractivity contribution in [3.63, 3.8) is 0 Å². The standard InChI is InChI=1S/C16H13NO4/c1-19-13-4-3-5-14(20-2)15(13)21-16(18)12-8-6-11(10-17)7-9-12/h3-9H,1-2H3. The van der Waals surface area contributed by atoms with Gasteiger partial charge in [0.25, 0.3) is 0 Å². The molecular formula is C16H13NO4. The van der Waals surface area contributed by atoms with Gasteiger partial charge in [0.15, 0.2) is 11.5 Å². The minimum absolute atomic E-state index is 0.219. The summed E-state index contributed by atoms with van der Waals surface area (Å²) in [6.07, 6.45) is 0. The summed E-state index contributed by atoms with van der Waals surface area (Å²) >= 11 is 0. The van der Waals surface area contributed by atoms with Crippen molar-refractivity contribution in [2.45, 2.75) is 0 Å². The predicted octanol–water partition coefficient (Wildman–Crippen LogP) is 2.79. The SMILES string of the molecule is COc1cccc(OC)c1OC(=O)c1ccc(C#N)cc1. The maximum atomic E-state index is 12.1. The lowest BCUT2D eigenvalue weighted by atomic mass is 10.1. The van der Waals surface area contributed by atoms with E-state index in [-0.39, 0.29) is 5.75 Å². The highest BCUT2D eigenvalue weighted by Gasteiger charge is 2.16. The number of carbonyl (C=O) groups excluding carboxylic acids is 1. The van der Waals surface area contributed by atoms with Gasteiger partial charge >= 0.3 is 5.97 Å². The number of esters is 1. The second kappa shape index (κ2) is 6.44. The Morgan fingerprint density at radius 3 is 2.05 bits per heavy atom. The fourth-order valence-electron chi connectivity index (χ4n) is 1.75. The molecule has 0 fully saturated rings. The second-order valence-corrected chi connectivity index (χ2v) is 4.07. The van der Waals surface area contributed by atoms with Crippen LogP contribution in [0.25, 0.3) is 0 Å². The normalized spacial score (nSPS) is 9.57. The van der Waals surface area contributed by atoms with Gasteiger partial charge in [-0.25, -0.2) is 4.79 Å². The average Bonchev–Trinajstić information content (AvgIpc) is 2.55. The quantitative estimate of drug-likeness (QED) is 0.637. The van der Waals surface area contributed by atoms with E-state index in [1.54, 1.807) is 30.3 Å². The Bertz CT molecular complexity index is 664. The van der Waals surface area contributed by atoms with E-state index in [0.29, 0.717) is 22.6 Å². The van der Waals surface area contributed by atoms with Crippen LogP contribution >= 0.6 is 0 Å². The van der Waals surface area contributed by atoms with Gasteiger partial charge in [0.2, 0.25) is 5.75 Å². The number of hydrogen-bond donors (Lipinski definition) is 0. The zero-order chi connectivity index (χ0) is 15.2. The molecule has 0 aliphatic carbocycles. The first-order chi connectivity index (χ1) is 10.2. The molecule has 21 heavy (non-hydrogen) atoms. The van der Waals surface area contributed by atoms with Gasteiger partial charge in [-0.2, -0.15) is 5.26 Å². The summed E-state index contributed by atoms with van der Waals surface area (Å²) in [4.78, 5) is 12.1. The molecule has 5 nitrogen and oxygen atoms in total. The Kier molecular flexibility index (Phi) is 4.42. The molecule has 0 saturated carbocycles. The number of para-hydroxylation sites is 1. The van der Waals surface area contributed by atoms with E-state index in [0.717, 1.165) is 0 Å². The van der Waals surface area contributed by atoms with Crippen LogP contribution < -0.4 is 14.2 Å². The van der Waals surface area contributed by atoms with Crippen molar-refractivity contribution in [2.75, 3.05) is 14.2 Å². The molecule has 0 bridgehead atoms. The van der Waals surface area contributed by atoms with Crippen LogP contribution in [0, 0.1) is 11.3 Å². The van der Waals surface area contributed by atoms with E-state index in [9.17, 15) is 4.79 Å². The Morgan fingerprint density at radius 2 is 1.57 bits per heavy atom. The van der Waals surface area contributed by atoms with E-state index in [1.165, 1.54) is 26.4 Å². The molecule has 0 aromatic heterocycles. The number of hydrogen-bond acceptors (Lipinski definition) is 5. The molecule has 0 aliphatic heterocycles. The predicted molar refractivity (Wildman–Crippen MR) is 75.7 cm³/mol. The molecule has 0 heterocycles. The summed E-state index contributed by atoms with van der Waals surface area (Å²) in [5.41, 5.74) is 0.809. The van der Waals surface area contributed by atoms with Crippen LogP contribution in [0.5, 0.6) is 17.2 Å². The first-order valence-corrected chi connectivity index (χ1v) is 6.13. The van der Waals surface area contributed by atoms with E-state index in [4.69, 9.17) is 19.5 Å². The van der Waals surface area contributed by atoms with Gasteiger partial charge in [-0.3, -0.25) is 0 Å². The van der Waals surface area contributed by atoms with Crippen LogP contribution in [0.2, 0.25) is 0 Å². The number of nitriles is 1. The van der Waals surface area contributed by atoms with Crippen LogP contribution in [0.4, 0.5) is 0 Å². The Hall–Kier alpha value is -3.00. The summed E-state index contributed by atoms with van der Waals surface area (Å²) in [6, 6.07) is 13.2. The van der Waals surface area contributed by atoms with Gasteiger partial charge in [-0.15, -0.1) is 0 Å². The highest BCUT2D eigenvalue weighted by atomic mass is 16.6. The monoisotopic (exact) mass is 283 g/mol. The number of rotatable bonds is 4. The third-order valence-corrected chi connectivity index (χ3v) is 2.83. The van der Waals surface area contributed by atoms with E-state index in [1.807, 2.05) is 6.07 Å². The zero-order valence-corrected chi connectivity index (χ0v) is 11.6. The van der Waals surface area contributed by atoms with Crippen molar-refractivity contribution in [1.82, 2.24) is 0 Å². The lowest BCUT2D eigenvalue weighted by Gasteiger charge is -2.12. The molecule has 0 unspecified atom stereocenters. The summed E-state index contributed by atoms with van der Waals surface area (Å²) in [5.74, 6) is 0.465. The van der Waals surface area contributed by atoms with Gasteiger partial charge in [-0.1, -0.05) is 6.07 Å². The molecule has 2 aromatic carbocycles. The van der Waals surface area contributed by atoms with Crippen molar-refractivity contribution in [3.05, 3.63) is 53.6 Å². The summed E-state index contributed by atoms with van der Waals surface area (Å²) in [7, 11) is 2.96. The molecule has 0 atom stereocenters. The first kappa shape index (κ1) is 14.4. The topological polar surface area (TPSA) is 68.6 Å². The maximum Gasteiger partial charge on any atom is 0.343 e. The number of carbonyl (C=O) groups is 1. The molecule has 0 radical (unpaired) electrons. The fourth-order valence-corrected chi connectivity index (χ4v) is 1.75. The molecule has 106 valence electrons. The van der Waals surface area contributed by atoms with Gasteiger partial charge in [0.05, 0.1) is 31.4 Å². The van der Waals surface area contributed by atoms with Crippen LogP contribution in [0.3, 0.4) is 0 Å². The molecule has 0 amide bonds. The van der Waals surface area contributed by atoms with Gasteiger partial charge in [0, 0.05) is 0 Å². The smallest absolute Gasteiger partial charge is 0.343 e.